The molecule has 5 heteroatoms. The minimum Gasteiger partial charge on any atom is -0.389 e. The Morgan fingerprint density at radius 2 is 2.29 bits per heavy atom. The van der Waals surface area contributed by atoms with Crippen LogP contribution >= 0.6 is 0 Å². The largest absolute Gasteiger partial charge is 0.389 e. The van der Waals surface area contributed by atoms with Crippen LogP contribution in [-0.4, -0.2) is 36.1 Å². The number of pyridine rings is 1. The molecule has 1 amide bonds. The van der Waals surface area contributed by atoms with Crippen LogP contribution in [-0.2, 0) is 4.79 Å². The van der Waals surface area contributed by atoms with Crippen molar-refractivity contribution >= 4 is 11.7 Å². The number of rotatable bonds is 5. The minimum absolute atomic E-state index is 0.0311. The fourth-order valence-electron chi connectivity index (χ4n) is 1.42. The first kappa shape index (κ1) is 13.4. The standard InChI is InChI=1S/C12H19N3O2/c1-4-13-12(17)8-15(3)11-6-5-10(7-14-11)9(2)16/h5-7,9,16H,4,8H2,1-3H3,(H,13,17)/t9-/m0/s1. The average Bonchev–Trinajstić information content (AvgIpc) is 2.29. The summed E-state index contributed by atoms with van der Waals surface area (Å²) < 4.78 is 0. The first-order chi connectivity index (χ1) is 8.04. The molecule has 0 aliphatic heterocycles. The molecule has 1 aromatic rings. The summed E-state index contributed by atoms with van der Waals surface area (Å²) in [7, 11) is 1.81. The molecule has 0 aliphatic carbocycles. The summed E-state index contributed by atoms with van der Waals surface area (Å²) in [5.41, 5.74) is 0.764. The molecule has 1 heterocycles. The highest BCUT2D eigenvalue weighted by atomic mass is 16.3. The van der Waals surface area contributed by atoms with Crippen molar-refractivity contribution in [3.8, 4) is 0 Å². The molecule has 0 saturated carbocycles. The molecule has 17 heavy (non-hydrogen) atoms. The summed E-state index contributed by atoms with van der Waals surface area (Å²) in [6, 6.07) is 3.60. The van der Waals surface area contributed by atoms with Gasteiger partial charge in [0.05, 0.1) is 12.6 Å². The van der Waals surface area contributed by atoms with Gasteiger partial charge in [-0.1, -0.05) is 6.07 Å². The van der Waals surface area contributed by atoms with Gasteiger partial charge in [-0.15, -0.1) is 0 Å². The van der Waals surface area contributed by atoms with Crippen LogP contribution in [0.5, 0.6) is 0 Å². The molecule has 0 bridgehead atoms. The second-order valence-corrected chi connectivity index (χ2v) is 3.94. The summed E-state index contributed by atoms with van der Waals surface area (Å²) in [6.07, 6.45) is 1.10. The molecule has 1 atom stereocenters. The number of hydrogen-bond acceptors (Lipinski definition) is 4. The van der Waals surface area contributed by atoms with Crippen molar-refractivity contribution in [2.75, 3.05) is 25.0 Å². The molecule has 0 fully saturated rings. The van der Waals surface area contributed by atoms with Crippen LogP contribution in [0.4, 0.5) is 5.82 Å². The summed E-state index contributed by atoms with van der Waals surface area (Å²) in [4.78, 5) is 17.3. The van der Waals surface area contributed by atoms with E-state index in [-0.39, 0.29) is 12.5 Å². The van der Waals surface area contributed by atoms with Crippen molar-refractivity contribution < 1.29 is 9.90 Å². The third kappa shape index (κ3) is 4.03. The van der Waals surface area contributed by atoms with Crippen molar-refractivity contribution in [3.05, 3.63) is 23.9 Å². The van der Waals surface area contributed by atoms with Crippen LogP contribution in [0.2, 0.25) is 0 Å². The van der Waals surface area contributed by atoms with E-state index in [1.165, 1.54) is 0 Å². The quantitative estimate of drug-likeness (QED) is 0.791. The molecule has 0 radical (unpaired) electrons. The first-order valence-electron chi connectivity index (χ1n) is 5.66. The summed E-state index contributed by atoms with van der Waals surface area (Å²) >= 11 is 0. The molecule has 0 aliphatic rings. The van der Waals surface area contributed by atoms with Crippen LogP contribution in [0.1, 0.15) is 25.5 Å². The lowest BCUT2D eigenvalue weighted by Crippen LogP contribution is -2.35. The van der Waals surface area contributed by atoms with E-state index in [2.05, 4.69) is 10.3 Å². The Balaban J connectivity index is 2.63. The third-order valence-electron chi connectivity index (χ3n) is 2.40. The maximum Gasteiger partial charge on any atom is 0.239 e. The lowest BCUT2D eigenvalue weighted by molar-refractivity contribution is -0.119. The average molecular weight is 237 g/mol. The van der Waals surface area contributed by atoms with Gasteiger partial charge in [0.25, 0.3) is 0 Å². The number of anilines is 1. The molecule has 5 nitrogen and oxygen atoms in total. The highest BCUT2D eigenvalue weighted by molar-refractivity contribution is 5.80. The molecule has 94 valence electrons. The van der Waals surface area contributed by atoms with Gasteiger partial charge >= 0.3 is 0 Å². The van der Waals surface area contributed by atoms with Crippen molar-refractivity contribution in [3.63, 3.8) is 0 Å². The molecule has 1 rings (SSSR count). The maximum absolute atomic E-state index is 11.4. The van der Waals surface area contributed by atoms with Gasteiger partial charge in [0, 0.05) is 19.8 Å². The van der Waals surface area contributed by atoms with Gasteiger partial charge in [-0.3, -0.25) is 4.79 Å². The monoisotopic (exact) mass is 237 g/mol. The van der Waals surface area contributed by atoms with E-state index in [0.717, 1.165) is 5.56 Å². The minimum atomic E-state index is -0.523. The van der Waals surface area contributed by atoms with Crippen molar-refractivity contribution in [2.45, 2.75) is 20.0 Å². The van der Waals surface area contributed by atoms with E-state index < -0.39 is 6.10 Å². The number of aromatic nitrogens is 1. The predicted molar refractivity (Wildman–Crippen MR) is 66.8 cm³/mol. The van der Waals surface area contributed by atoms with E-state index >= 15 is 0 Å². The molecule has 2 N–H and O–H groups in total. The Morgan fingerprint density at radius 3 is 2.76 bits per heavy atom. The van der Waals surface area contributed by atoms with Gasteiger partial charge in [0.1, 0.15) is 5.82 Å². The Bertz CT molecular complexity index is 363. The first-order valence-corrected chi connectivity index (χ1v) is 5.66. The van der Waals surface area contributed by atoms with Crippen LogP contribution in [0.3, 0.4) is 0 Å². The van der Waals surface area contributed by atoms with E-state index in [0.29, 0.717) is 12.4 Å². The highest BCUT2D eigenvalue weighted by Gasteiger charge is 2.08. The van der Waals surface area contributed by atoms with Crippen molar-refractivity contribution in [1.82, 2.24) is 10.3 Å². The Labute approximate surface area is 101 Å². The highest BCUT2D eigenvalue weighted by Crippen LogP contribution is 2.14. The van der Waals surface area contributed by atoms with Gasteiger partial charge in [-0.2, -0.15) is 0 Å². The van der Waals surface area contributed by atoms with E-state index in [9.17, 15) is 9.90 Å². The number of amides is 1. The SMILES string of the molecule is CCNC(=O)CN(C)c1ccc([C@H](C)O)cn1. The van der Waals surface area contributed by atoms with Crippen molar-refractivity contribution in [2.24, 2.45) is 0 Å². The molecule has 0 unspecified atom stereocenters. The Morgan fingerprint density at radius 1 is 1.59 bits per heavy atom. The van der Waals surface area contributed by atoms with Gasteiger partial charge in [-0.05, 0) is 25.5 Å². The van der Waals surface area contributed by atoms with Gasteiger partial charge in [-0.25, -0.2) is 4.98 Å². The van der Waals surface area contributed by atoms with Crippen molar-refractivity contribution in [1.29, 1.82) is 0 Å². The third-order valence-corrected chi connectivity index (χ3v) is 2.40. The van der Waals surface area contributed by atoms with Crippen LogP contribution < -0.4 is 10.2 Å². The number of aliphatic hydroxyl groups excluding tert-OH is 1. The lowest BCUT2D eigenvalue weighted by atomic mass is 10.2. The van der Waals surface area contributed by atoms with Crippen LogP contribution in [0.25, 0.3) is 0 Å². The number of carbonyl (C=O) groups is 1. The van der Waals surface area contributed by atoms with Crippen LogP contribution in [0.15, 0.2) is 18.3 Å². The predicted octanol–water partition coefficient (Wildman–Crippen LogP) is 0.707. The Hall–Kier alpha value is -1.62. The molecule has 0 spiro atoms. The summed E-state index contributed by atoms with van der Waals surface area (Å²) in [6.45, 7) is 4.47. The van der Waals surface area contributed by atoms with E-state index in [1.807, 2.05) is 6.92 Å². The molecule has 1 aromatic heterocycles. The number of aliphatic hydroxyl groups is 1. The smallest absolute Gasteiger partial charge is 0.239 e. The zero-order valence-electron chi connectivity index (χ0n) is 10.5. The summed E-state index contributed by atoms with van der Waals surface area (Å²) in [5, 5.41) is 12.1. The zero-order valence-corrected chi connectivity index (χ0v) is 10.5. The van der Waals surface area contributed by atoms with Crippen LogP contribution in [0, 0.1) is 0 Å². The van der Waals surface area contributed by atoms with E-state index in [1.54, 1.807) is 37.2 Å². The number of likely N-dealkylation sites (N-methyl/N-ethyl adjacent to an activating group) is 2. The normalized spacial score (nSPS) is 12.0. The molecular weight excluding hydrogens is 218 g/mol. The number of carbonyl (C=O) groups excluding carboxylic acids is 1. The number of hydrogen-bond donors (Lipinski definition) is 2. The number of nitrogens with zero attached hydrogens (tertiary/aromatic N) is 2. The van der Waals surface area contributed by atoms with Gasteiger partial charge in [0.2, 0.25) is 5.91 Å². The van der Waals surface area contributed by atoms with Gasteiger partial charge in [0.15, 0.2) is 0 Å². The molecular formula is C12H19N3O2. The maximum atomic E-state index is 11.4. The Kier molecular flexibility index (Phi) is 4.90. The summed E-state index contributed by atoms with van der Waals surface area (Å²) in [5.74, 6) is 0.678. The topological polar surface area (TPSA) is 65.5 Å². The molecule has 0 saturated heterocycles. The van der Waals surface area contributed by atoms with E-state index in [4.69, 9.17) is 0 Å². The second-order valence-electron chi connectivity index (χ2n) is 3.94. The fraction of sp³-hybridized carbons (Fsp3) is 0.500. The number of nitrogens with one attached hydrogen (secondary N) is 1. The fourth-order valence-corrected chi connectivity index (χ4v) is 1.42. The lowest BCUT2D eigenvalue weighted by Gasteiger charge is -2.17. The van der Waals surface area contributed by atoms with Gasteiger partial charge < -0.3 is 15.3 Å². The molecule has 0 aromatic carbocycles. The second kappa shape index (κ2) is 6.20. The zero-order chi connectivity index (χ0) is 12.8.